The molecular weight excluding hydrogens is 507 g/mol. The molecule has 0 fully saturated rings. The van der Waals surface area contributed by atoms with E-state index in [2.05, 4.69) is 64.3 Å². The van der Waals surface area contributed by atoms with Gasteiger partial charge in [-0.05, 0) is 30.5 Å². The van der Waals surface area contributed by atoms with Gasteiger partial charge >= 0.3 is 0 Å². The third kappa shape index (κ3) is 7.28. The van der Waals surface area contributed by atoms with E-state index in [4.69, 9.17) is 9.72 Å². The maximum atomic E-state index is 5.47. The van der Waals surface area contributed by atoms with Gasteiger partial charge in [0.1, 0.15) is 5.75 Å². The van der Waals surface area contributed by atoms with E-state index in [9.17, 15) is 0 Å². The van der Waals surface area contributed by atoms with Gasteiger partial charge in [0.25, 0.3) is 0 Å². The Morgan fingerprint density at radius 1 is 1.07 bits per heavy atom. The summed E-state index contributed by atoms with van der Waals surface area (Å²) in [5, 5.41) is 9.95. The summed E-state index contributed by atoms with van der Waals surface area (Å²) in [6.07, 6.45) is 1.98. The number of aliphatic imine (C=N–C) groups is 1. The van der Waals surface area contributed by atoms with Crippen LogP contribution in [0.25, 0.3) is 0 Å². The van der Waals surface area contributed by atoms with E-state index in [1.807, 2.05) is 12.1 Å². The van der Waals surface area contributed by atoms with Gasteiger partial charge in [-0.2, -0.15) is 0 Å². The van der Waals surface area contributed by atoms with Crippen LogP contribution < -0.4 is 15.4 Å². The molecule has 0 saturated heterocycles. The lowest BCUT2D eigenvalue weighted by Crippen LogP contribution is -2.36. The van der Waals surface area contributed by atoms with E-state index in [0.717, 1.165) is 40.8 Å². The summed E-state index contributed by atoms with van der Waals surface area (Å²) in [5.74, 6) is 1.63. The maximum absolute atomic E-state index is 5.47. The number of nitrogens with zero attached hydrogens (tertiary/aromatic N) is 2. The second-order valence-electron chi connectivity index (χ2n) is 6.81. The zero-order chi connectivity index (χ0) is 20.5. The highest BCUT2D eigenvalue weighted by Gasteiger charge is 2.07. The number of rotatable bonds is 8. The Balaban J connectivity index is 0.00000320. The summed E-state index contributed by atoms with van der Waals surface area (Å²) in [4.78, 5) is 9.04. The molecule has 5 nitrogen and oxygen atoms in total. The molecule has 0 spiro atoms. The first-order valence-corrected chi connectivity index (χ1v) is 10.6. The second kappa shape index (κ2) is 12.5. The Labute approximate surface area is 200 Å². The normalized spacial score (nSPS) is 11.0. The molecule has 0 aliphatic heterocycles. The van der Waals surface area contributed by atoms with Crippen LogP contribution in [0, 0.1) is 6.92 Å². The van der Waals surface area contributed by atoms with E-state index < -0.39 is 0 Å². The van der Waals surface area contributed by atoms with Crippen molar-refractivity contribution in [2.24, 2.45) is 4.99 Å². The van der Waals surface area contributed by atoms with Crippen LogP contribution in [0.4, 0.5) is 0 Å². The average molecular weight is 536 g/mol. The molecule has 1 heterocycles. The van der Waals surface area contributed by atoms with Crippen molar-refractivity contribution in [2.75, 3.05) is 14.2 Å². The number of benzene rings is 2. The highest BCUT2D eigenvalue weighted by molar-refractivity contribution is 14.0. The summed E-state index contributed by atoms with van der Waals surface area (Å²) >= 11 is 1.72. The molecule has 3 aromatic rings. The standard InChI is InChI=1S/C23H28N4OS.HI/c1-17-9-11-19(21(13-17)28-3)14-25-23(24-2)26-15-20-16-29-22(27-20)12-10-18-7-5-4-6-8-18;/h4-9,11,13,16H,10,12,14-15H2,1-3H3,(H2,24,25,26);1H. The van der Waals surface area contributed by atoms with Gasteiger partial charge in [0.05, 0.1) is 24.4 Å². The van der Waals surface area contributed by atoms with E-state index in [1.165, 1.54) is 11.1 Å². The molecule has 2 aromatic carbocycles. The van der Waals surface area contributed by atoms with Gasteiger partial charge in [-0.3, -0.25) is 4.99 Å². The minimum atomic E-state index is 0. The quantitative estimate of drug-likeness (QED) is 0.249. The number of halogens is 1. The zero-order valence-electron chi connectivity index (χ0n) is 17.6. The van der Waals surface area contributed by atoms with Crippen molar-refractivity contribution in [1.29, 1.82) is 0 Å². The number of methoxy groups -OCH3 is 1. The van der Waals surface area contributed by atoms with Crippen LogP contribution in [0.1, 0.15) is 27.4 Å². The molecule has 160 valence electrons. The van der Waals surface area contributed by atoms with Gasteiger partial charge in [0, 0.05) is 31.0 Å². The smallest absolute Gasteiger partial charge is 0.191 e. The molecule has 0 atom stereocenters. The van der Waals surface area contributed by atoms with Crippen molar-refractivity contribution >= 4 is 41.3 Å². The molecule has 1 aromatic heterocycles. The number of hydrogen-bond donors (Lipinski definition) is 2. The number of aryl methyl sites for hydroxylation is 3. The first-order chi connectivity index (χ1) is 14.2. The predicted octanol–water partition coefficient (Wildman–Crippen LogP) is 4.73. The minimum absolute atomic E-state index is 0. The number of guanidine groups is 1. The van der Waals surface area contributed by atoms with Crippen LogP contribution in [-0.4, -0.2) is 25.1 Å². The SMILES string of the molecule is CN=C(NCc1csc(CCc2ccccc2)n1)NCc1ccc(C)cc1OC.I. The van der Waals surface area contributed by atoms with Crippen molar-refractivity contribution in [3.8, 4) is 5.75 Å². The monoisotopic (exact) mass is 536 g/mol. The van der Waals surface area contributed by atoms with E-state index in [1.54, 1.807) is 25.5 Å². The highest BCUT2D eigenvalue weighted by atomic mass is 127. The fourth-order valence-electron chi connectivity index (χ4n) is 3.01. The van der Waals surface area contributed by atoms with Crippen LogP contribution in [-0.2, 0) is 25.9 Å². The van der Waals surface area contributed by atoms with E-state index >= 15 is 0 Å². The highest BCUT2D eigenvalue weighted by Crippen LogP contribution is 2.19. The molecule has 0 saturated carbocycles. The Morgan fingerprint density at radius 3 is 2.57 bits per heavy atom. The van der Waals surface area contributed by atoms with Gasteiger partial charge in [-0.25, -0.2) is 4.98 Å². The van der Waals surface area contributed by atoms with Crippen molar-refractivity contribution in [3.05, 3.63) is 81.3 Å². The molecule has 0 unspecified atom stereocenters. The first-order valence-electron chi connectivity index (χ1n) is 9.73. The predicted molar refractivity (Wildman–Crippen MR) is 136 cm³/mol. The van der Waals surface area contributed by atoms with Gasteiger partial charge in [-0.15, -0.1) is 35.3 Å². The van der Waals surface area contributed by atoms with Crippen molar-refractivity contribution in [2.45, 2.75) is 32.9 Å². The summed E-state index contributed by atoms with van der Waals surface area (Å²) in [7, 11) is 3.47. The number of thiazole rings is 1. The molecule has 0 aliphatic rings. The molecule has 0 aliphatic carbocycles. The molecule has 2 N–H and O–H groups in total. The molecule has 0 bridgehead atoms. The summed E-state index contributed by atoms with van der Waals surface area (Å²) in [5.41, 5.74) is 4.66. The van der Waals surface area contributed by atoms with Crippen molar-refractivity contribution < 1.29 is 4.74 Å². The Hall–Kier alpha value is -2.13. The fourth-order valence-corrected chi connectivity index (χ4v) is 3.81. The van der Waals surface area contributed by atoms with Crippen LogP contribution in [0.15, 0.2) is 58.9 Å². The Kier molecular flexibility index (Phi) is 10.1. The van der Waals surface area contributed by atoms with Crippen LogP contribution >= 0.6 is 35.3 Å². The second-order valence-corrected chi connectivity index (χ2v) is 7.76. The largest absolute Gasteiger partial charge is 0.496 e. The number of aromatic nitrogens is 1. The number of nitrogens with one attached hydrogen (secondary N) is 2. The van der Waals surface area contributed by atoms with Crippen LogP contribution in [0.2, 0.25) is 0 Å². The molecule has 3 rings (SSSR count). The van der Waals surface area contributed by atoms with E-state index in [0.29, 0.717) is 13.1 Å². The minimum Gasteiger partial charge on any atom is -0.496 e. The lowest BCUT2D eigenvalue weighted by atomic mass is 10.1. The Bertz CT molecular complexity index is 943. The van der Waals surface area contributed by atoms with Crippen molar-refractivity contribution in [1.82, 2.24) is 15.6 Å². The Morgan fingerprint density at radius 2 is 1.83 bits per heavy atom. The lowest BCUT2D eigenvalue weighted by molar-refractivity contribution is 0.408. The summed E-state index contributed by atoms with van der Waals surface area (Å²) in [6, 6.07) is 16.7. The molecule has 30 heavy (non-hydrogen) atoms. The third-order valence-electron chi connectivity index (χ3n) is 4.62. The molecule has 7 heteroatoms. The average Bonchev–Trinajstić information content (AvgIpc) is 3.21. The number of ether oxygens (including phenoxy) is 1. The maximum Gasteiger partial charge on any atom is 0.191 e. The van der Waals surface area contributed by atoms with Gasteiger partial charge < -0.3 is 15.4 Å². The molecule has 0 radical (unpaired) electrons. The lowest BCUT2D eigenvalue weighted by Gasteiger charge is -2.13. The van der Waals surface area contributed by atoms with Crippen LogP contribution in [0.5, 0.6) is 5.75 Å². The van der Waals surface area contributed by atoms with Gasteiger partial charge in [0.2, 0.25) is 0 Å². The summed E-state index contributed by atoms with van der Waals surface area (Å²) in [6.45, 7) is 3.34. The van der Waals surface area contributed by atoms with E-state index in [-0.39, 0.29) is 24.0 Å². The van der Waals surface area contributed by atoms with Crippen molar-refractivity contribution in [3.63, 3.8) is 0 Å². The summed E-state index contributed by atoms with van der Waals surface area (Å²) < 4.78 is 5.47. The molecule has 0 amide bonds. The molecular formula is C23H29IN4OS. The third-order valence-corrected chi connectivity index (χ3v) is 5.58. The number of hydrogen-bond acceptors (Lipinski definition) is 4. The fraction of sp³-hybridized carbons (Fsp3) is 0.304. The first kappa shape index (κ1) is 24.1. The topological polar surface area (TPSA) is 58.5 Å². The van der Waals surface area contributed by atoms with Crippen LogP contribution in [0.3, 0.4) is 0 Å². The zero-order valence-corrected chi connectivity index (χ0v) is 20.8. The van der Waals surface area contributed by atoms with Gasteiger partial charge in [0.15, 0.2) is 5.96 Å². The van der Waals surface area contributed by atoms with Gasteiger partial charge in [-0.1, -0.05) is 42.5 Å².